The Hall–Kier alpha value is -3.87. The summed E-state index contributed by atoms with van der Waals surface area (Å²) in [4.78, 5) is 24.8. The van der Waals surface area contributed by atoms with Crippen molar-refractivity contribution in [3.8, 4) is 11.5 Å². The Kier molecular flexibility index (Phi) is 6.87. The maximum atomic E-state index is 12.9. The molecule has 7 heteroatoms. The lowest BCUT2D eigenvalue weighted by Gasteiger charge is -2.14. The highest BCUT2D eigenvalue weighted by Crippen LogP contribution is 2.29. The highest BCUT2D eigenvalue weighted by molar-refractivity contribution is 6.05. The second-order valence-electron chi connectivity index (χ2n) is 6.93. The fourth-order valence-corrected chi connectivity index (χ4v) is 3.00. The zero-order valence-electron chi connectivity index (χ0n) is 17.5. The largest absolute Gasteiger partial charge is 0.493 e. The minimum atomic E-state index is -0.412. The summed E-state index contributed by atoms with van der Waals surface area (Å²) in [6.45, 7) is 3.58. The van der Waals surface area contributed by atoms with E-state index in [9.17, 15) is 14.0 Å². The maximum Gasteiger partial charge on any atom is 0.262 e. The van der Waals surface area contributed by atoms with Crippen LogP contribution in [0.1, 0.15) is 21.5 Å². The van der Waals surface area contributed by atoms with Crippen LogP contribution in [0, 0.1) is 19.7 Å². The van der Waals surface area contributed by atoms with Crippen LogP contribution < -0.4 is 20.1 Å². The van der Waals surface area contributed by atoms with Crippen LogP contribution in [-0.2, 0) is 4.79 Å². The highest BCUT2D eigenvalue weighted by atomic mass is 19.1. The predicted molar refractivity (Wildman–Crippen MR) is 117 cm³/mol. The van der Waals surface area contributed by atoms with Gasteiger partial charge in [0.25, 0.3) is 11.8 Å². The van der Waals surface area contributed by atoms with Crippen molar-refractivity contribution in [3.05, 3.63) is 83.2 Å². The quantitative estimate of drug-likeness (QED) is 0.578. The van der Waals surface area contributed by atoms with Gasteiger partial charge in [0.1, 0.15) is 5.82 Å². The molecule has 6 nitrogen and oxygen atoms in total. The Labute approximate surface area is 180 Å². The van der Waals surface area contributed by atoms with E-state index in [2.05, 4.69) is 10.6 Å². The van der Waals surface area contributed by atoms with E-state index in [4.69, 9.17) is 9.47 Å². The number of methoxy groups -OCH3 is 1. The summed E-state index contributed by atoms with van der Waals surface area (Å²) in [6, 6.07) is 15.9. The van der Waals surface area contributed by atoms with Gasteiger partial charge in [0.05, 0.1) is 7.11 Å². The number of rotatable bonds is 7. The van der Waals surface area contributed by atoms with Crippen molar-refractivity contribution < 1.29 is 23.5 Å². The van der Waals surface area contributed by atoms with Crippen LogP contribution in [0.4, 0.5) is 15.8 Å². The molecule has 2 N–H and O–H groups in total. The van der Waals surface area contributed by atoms with E-state index in [0.29, 0.717) is 22.7 Å². The molecule has 0 heterocycles. The van der Waals surface area contributed by atoms with Gasteiger partial charge in [-0.05, 0) is 67.4 Å². The molecule has 0 spiro atoms. The second kappa shape index (κ2) is 9.75. The third-order valence-corrected chi connectivity index (χ3v) is 4.63. The van der Waals surface area contributed by atoms with Gasteiger partial charge in [0.2, 0.25) is 0 Å². The molecule has 3 rings (SSSR count). The van der Waals surface area contributed by atoms with Gasteiger partial charge in [-0.2, -0.15) is 0 Å². The fourth-order valence-electron chi connectivity index (χ4n) is 3.00. The molecular weight excluding hydrogens is 399 g/mol. The lowest BCUT2D eigenvalue weighted by molar-refractivity contribution is -0.118. The number of nitrogens with one attached hydrogen (secondary N) is 2. The number of carbonyl (C=O) groups excluding carboxylic acids is 2. The number of amides is 2. The minimum Gasteiger partial charge on any atom is -0.493 e. The van der Waals surface area contributed by atoms with E-state index in [1.807, 2.05) is 32.0 Å². The molecule has 0 fully saturated rings. The minimum absolute atomic E-state index is 0.276. The summed E-state index contributed by atoms with van der Waals surface area (Å²) in [5.41, 5.74) is 3.55. The highest BCUT2D eigenvalue weighted by Gasteiger charge is 2.14. The summed E-state index contributed by atoms with van der Waals surface area (Å²) >= 11 is 0. The molecule has 0 bridgehead atoms. The number of para-hydroxylation sites is 1. The first-order chi connectivity index (χ1) is 14.9. The second-order valence-corrected chi connectivity index (χ2v) is 6.93. The molecule has 0 aromatic heterocycles. The molecule has 3 aromatic rings. The normalized spacial score (nSPS) is 10.3. The standard InChI is InChI=1S/C24H23FN2O4/c1-15-5-4-6-16(2)23(15)27-24(29)17-7-12-20(21(13-17)30-3)31-14-22(28)26-19-10-8-18(25)9-11-19/h4-13H,14H2,1-3H3,(H,26,28)(H,27,29). The molecule has 0 aliphatic heterocycles. The molecule has 0 aliphatic carbocycles. The van der Waals surface area contributed by atoms with E-state index in [1.54, 1.807) is 18.2 Å². The average molecular weight is 422 g/mol. The number of halogens is 1. The van der Waals surface area contributed by atoms with Crippen molar-refractivity contribution in [1.82, 2.24) is 0 Å². The molecule has 0 saturated heterocycles. The van der Waals surface area contributed by atoms with Crippen molar-refractivity contribution in [2.24, 2.45) is 0 Å². The van der Waals surface area contributed by atoms with E-state index in [0.717, 1.165) is 16.8 Å². The number of benzene rings is 3. The van der Waals surface area contributed by atoms with Gasteiger partial charge in [-0.25, -0.2) is 4.39 Å². The van der Waals surface area contributed by atoms with Gasteiger partial charge in [-0.1, -0.05) is 18.2 Å². The molecule has 0 radical (unpaired) electrons. The summed E-state index contributed by atoms with van der Waals surface area (Å²) in [7, 11) is 1.45. The number of carbonyl (C=O) groups is 2. The average Bonchev–Trinajstić information content (AvgIpc) is 2.76. The van der Waals surface area contributed by atoms with Crippen molar-refractivity contribution >= 4 is 23.2 Å². The Balaban J connectivity index is 1.66. The van der Waals surface area contributed by atoms with Crippen LogP contribution in [0.3, 0.4) is 0 Å². The summed E-state index contributed by atoms with van der Waals surface area (Å²) in [5.74, 6) is -0.438. The number of anilines is 2. The summed E-state index contributed by atoms with van der Waals surface area (Å²) in [6.07, 6.45) is 0. The Morgan fingerprint density at radius 3 is 2.23 bits per heavy atom. The molecule has 31 heavy (non-hydrogen) atoms. The van der Waals surface area contributed by atoms with Gasteiger partial charge in [0.15, 0.2) is 18.1 Å². The smallest absolute Gasteiger partial charge is 0.262 e. The van der Waals surface area contributed by atoms with Crippen LogP contribution in [-0.4, -0.2) is 25.5 Å². The van der Waals surface area contributed by atoms with Gasteiger partial charge in [0, 0.05) is 16.9 Å². The maximum absolute atomic E-state index is 12.9. The summed E-state index contributed by atoms with van der Waals surface area (Å²) < 4.78 is 23.8. The molecule has 0 atom stereocenters. The predicted octanol–water partition coefficient (Wildman–Crippen LogP) is 4.72. The van der Waals surface area contributed by atoms with E-state index in [-0.39, 0.29) is 18.3 Å². The third-order valence-electron chi connectivity index (χ3n) is 4.63. The Morgan fingerprint density at radius 1 is 0.903 bits per heavy atom. The van der Waals surface area contributed by atoms with Crippen LogP contribution in [0.2, 0.25) is 0 Å². The first-order valence-electron chi connectivity index (χ1n) is 9.61. The van der Waals surface area contributed by atoms with Crippen LogP contribution in [0.5, 0.6) is 11.5 Å². The van der Waals surface area contributed by atoms with Gasteiger partial charge < -0.3 is 20.1 Å². The third kappa shape index (κ3) is 5.60. The van der Waals surface area contributed by atoms with E-state index >= 15 is 0 Å². The Bertz CT molecular complexity index is 1080. The fraction of sp³-hybridized carbons (Fsp3) is 0.167. The molecule has 160 valence electrons. The van der Waals surface area contributed by atoms with Crippen molar-refractivity contribution in [1.29, 1.82) is 0 Å². The van der Waals surface area contributed by atoms with Gasteiger partial charge in [-0.3, -0.25) is 9.59 Å². The SMILES string of the molecule is COc1cc(C(=O)Nc2c(C)cccc2C)ccc1OCC(=O)Nc1ccc(F)cc1. The number of hydrogen-bond acceptors (Lipinski definition) is 4. The van der Waals surface area contributed by atoms with Crippen LogP contribution in [0.25, 0.3) is 0 Å². The van der Waals surface area contributed by atoms with Crippen LogP contribution in [0.15, 0.2) is 60.7 Å². The zero-order chi connectivity index (χ0) is 22.4. The molecule has 0 aliphatic rings. The van der Waals surface area contributed by atoms with E-state index < -0.39 is 5.91 Å². The molecular formula is C24H23FN2O4. The number of hydrogen-bond donors (Lipinski definition) is 2. The first kappa shape index (κ1) is 21.8. The first-order valence-corrected chi connectivity index (χ1v) is 9.61. The molecule has 3 aromatic carbocycles. The Morgan fingerprint density at radius 2 is 1.58 bits per heavy atom. The zero-order valence-corrected chi connectivity index (χ0v) is 17.5. The molecule has 0 unspecified atom stereocenters. The van der Waals surface area contributed by atoms with E-state index in [1.165, 1.54) is 31.4 Å². The summed E-state index contributed by atoms with van der Waals surface area (Å²) in [5, 5.41) is 5.53. The molecule has 2 amide bonds. The van der Waals surface area contributed by atoms with Crippen LogP contribution >= 0.6 is 0 Å². The monoisotopic (exact) mass is 422 g/mol. The number of aryl methyl sites for hydroxylation is 2. The van der Waals surface area contributed by atoms with Gasteiger partial charge in [-0.15, -0.1) is 0 Å². The van der Waals surface area contributed by atoms with Crippen molar-refractivity contribution in [2.75, 3.05) is 24.4 Å². The lowest BCUT2D eigenvalue weighted by Crippen LogP contribution is -2.20. The molecule has 0 saturated carbocycles. The topological polar surface area (TPSA) is 76.7 Å². The lowest BCUT2D eigenvalue weighted by atomic mass is 10.1. The van der Waals surface area contributed by atoms with Crippen molar-refractivity contribution in [3.63, 3.8) is 0 Å². The number of ether oxygens (including phenoxy) is 2. The van der Waals surface area contributed by atoms with Crippen molar-refractivity contribution in [2.45, 2.75) is 13.8 Å². The van der Waals surface area contributed by atoms with Gasteiger partial charge >= 0.3 is 0 Å².